The topological polar surface area (TPSA) is 85.2 Å². The smallest absolute Gasteiger partial charge is 0.256 e. The number of rotatable bonds is 4. The number of nitrogens with zero attached hydrogens (tertiary/aromatic N) is 2. The maximum Gasteiger partial charge on any atom is 0.256 e. The first-order valence-electron chi connectivity index (χ1n) is 7.04. The van der Waals surface area contributed by atoms with E-state index in [9.17, 15) is 5.11 Å². The Morgan fingerprint density at radius 3 is 2.60 bits per heavy atom. The average Bonchev–Trinajstić information content (AvgIpc) is 3.17. The van der Waals surface area contributed by atoms with Gasteiger partial charge in [-0.05, 0) is 18.4 Å². The van der Waals surface area contributed by atoms with Crippen molar-refractivity contribution in [2.24, 2.45) is 5.73 Å². The lowest BCUT2D eigenvalue weighted by molar-refractivity contribution is 0.141. The molecule has 0 unspecified atom stereocenters. The van der Waals surface area contributed by atoms with Gasteiger partial charge in [0.05, 0.1) is 5.41 Å². The first-order chi connectivity index (χ1) is 9.76. The molecule has 3 rings (SSSR count). The third kappa shape index (κ3) is 2.13. The lowest BCUT2D eigenvalue weighted by Crippen LogP contribution is -2.25. The number of aliphatic hydroxyl groups excluding tert-OH is 1. The first kappa shape index (κ1) is 13.3. The van der Waals surface area contributed by atoms with Crippen molar-refractivity contribution >= 4 is 0 Å². The quantitative estimate of drug-likeness (QED) is 0.889. The van der Waals surface area contributed by atoms with Gasteiger partial charge in [-0.3, -0.25) is 0 Å². The van der Waals surface area contributed by atoms with Crippen molar-refractivity contribution in [1.82, 2.24) is 10.1 Å². The molecule has 5 nitrogen and oxygen atoms in total. The van der Waals surface area contributed by atoms with E-state index in [0.29, 0.717) is 5.82 Å². The van der Waals surface area contributed by atoms with Crippen molar-refractivity contribution in [2.75, 3.05) is 6.54 Å². The molecule has 1 aromatic carbocycles. The van der Waals surface area contributed by atoms with Crippen LogP contribution in [0.1, 0.15) is 49.1 Å². The van der Waals surface area contributed by atoms with E-state index in [-0.39, 0.29) is 17.9 Å². The minimum Gasteiger partial charge on any atom is -0.382 e. The molecule has 1 aliphatic carbocycles. The Morgan fingerprint density at radius 1 is 1.25 bits per heavy atom. The molecule has 1 heterocycles. The highest BCUT2D eigenvalue weighted by atomic mass is 16.5. The maximum absolute atomic E-state index is 9.72. The summed E-state index contributed by atoms with van der Waals surface area (Å²) in [6.07, 6.45) is 3.44. The Morgan fingerprint density at radius 2 is 1.95 bits per heavy atom. The highest BCUT2D eigenvalue weighted by Crippen LogP contribution is 2.45. The summed E-state index contributed by atoms with van der Waals surface area (Å²) in [5.41, 5.74) is 6.46. The normalized spacial score (nSPS) is 19.1. The number of aliphatic hydroxyl groups is 1. The number of aromatic nitrogens is 2. The van der Waals surface area contributed by atoms with Crippen molar-refractivity contribution in [1.29, 1.82) is 0 Å². The van der Waals surface area contributed by atoms with E-state index >= 15 is 0 Å². The van der Waals surface area contributed by atoms with Crippen molar-refractivity contribution in [3.8, 4) is 0 Å². The third-order valence-electron chi connectivity index (χ3n) is 4.16. The average molecular weight is 273 g/mol. The molecule has 0 spiro atoms. The van der Waals surface area contributed by atoms with Crippen LogP contribution in [0.25, 0.3) is 0 Å². The van der Waals surface area contributed by atoms with E-state index in [4.69, 9.17) is 10.3 Å². The Hall–Kier alpha value is -1.72. The molecule has 1 aromatic heterocycles. The molecule has 1 saturated carbocycles. The van der Waals surface area contributed by atoms with Gasteiger partial charge in [-0.2, -0.15) is 4.98 Å². The van der Waals surface area contributed by atoms with Gasteiger partial charge in [-0.15, -0.1) is 0 Å². The van der Waals surface area contributed by atoms with Gasteiger partial charge in [0, 0.05) is 6.54 Å². The van der Waals surface area contributed by atoms with Gasteiger partial charge in [-0.25, -0.2) is 0 Å². The largest absolute Gasteiger partial charge is 0.382 e. The van der Waals surface area contributed by atoms with Crippen LogP contribution in [-0.2, 0) is 5.41 Å². The molecule has 3 N–H and O–H groups in total. The van der Waals surface area contributed by atoms with Gasteiger partial charge in [0.25, 0.3) is 5.89 Å². The van der Waals surface area contributed by atoms with Crippen LogP contribution >= 0.6 is 0 Å². The van der Waals surface area contributed by atoms with Crippen molar-refractivity contribution < 1.29 is 9.63 Å². The van der Waals surface area contributed by atoms with Crippen LogP contribution < -0.4 is 5.73 Å². The fourth-order valence-corrected chi connectivity index (χ4v) is 3.04. The van der Waals surface area contributed by atoms with Gasteiger partial charge < -0.3 is 15.4 Å². The Labute approximate surface area is 117 Å². The summed E-state index contributed by atoms with van der Waals surface area (Å²) < 4.78 is 5.19. The molecule has 0 radical (unpaired) electrons. The van der Waals surface area contributed by atoms with E-state index < -0.39 is 6.10 Å². The fourth-order valence-electron chi connectivity index (χ4n) is 3.04. The molecule has 2 aromatic rings. The summed E-state index contributed by atoms with van der Waals surface area (Å²) in [4.78, 5) is 4.40. The summed E-state index contributed by atoms with van der Waals surface area (Å²) in [7, 11) is 0. The predicted octanol–water partition coefficient (Wildman–Crippen LogP) is 1.92. The summed E-state index contributed by atoms with van der Waals surface area (Å²) in [6.45, 7) is 0.0833. The van der Waals surface area contributed by atoms with Crippen LogP contribution in [-0.4, -0.2) is 21.8 Å². The number of nitrogens with two attached hydrogens (primary N) is 1. The molecule has 5 heteroatoms. The molecular formula is C15H19N3O2. The molecule has 1 fully saturated rings. The Balaban J connectivity index is 2.01. The van der Waals surface area contributed by atoms with Crippen LogP contribution in [0.5, 0.6) is 0 Å². The van der Waals surface area contributed by atoms with Crippen molar-refractivity contribution in [2.45, 2.75) is 37.2 Å². The second-order valence-electron chi connectivity index (χ2n) is 5.36. The lowest BCUT2D eigenvalue weighted by atomic mass is 9.78. The molecular weight excluding hydrogens is 254 g/mol. The van der Waals surface area contributed by atoms with Gasteiger partial charge in [0.1, 0.15) is 6.10 Å². The molecule has 1 atom stereocenters. The van der Waals surface area contributed by atoms with Gasteiger partial charge >= 0.3 is 0 Å². The molecule has 0 bridgehead atoms. The molecule has 0 amide bonds. The third-order valence-corrected chi connectivity index (χ3v) is 4.16. The van der Waals surface area contributed by atoms with E-state index in [1.165, 1.54) is 5.56 Å². The second kappa shape index (κ2) is 5.34. The Bertz CT molecular complexity index is 562. The van der Waals surface area contributed by atoms with E-state index in [1.54, 1.807) is 0 Å². The van der Waals surface area contributed by atoms with Crippen molar-refractivity contribution in [3.63, 3.8) is 0 Å². The molecule has 20 heavy (non-hydrogen) atoms. The Kier molecular flexibility index (Phi) is 3.54. The predicted molar refractivity (Wildman–Crippen MR) is 74.0 cm³/mol. The monoisotopic (exact) mass is 273 g/mol. The molecule has 0 saturated heterocycles. The highest BCUT2D eigenvalue weighted by molar-refractivity contribution is 5.33. The summed E-state index contributed by atoms with van der Waals surface area (Å²) >= 11 is 0. The summed E-state index contributed by atoms with van der Waals surface area (Å²) in [5.74, 6) is 0.883. The van der Waals surface area contributed by atoms with Crippen LogP contribution in [0.4, 0.5) is 0 Å². The van der Waals surface area contributed by atoms with Gasteiger partial charge in [0.15, 0.2) is 5.82 Å². The minimum atomic E-state index is -0.884. The lowest BCUT2D eigenvalue weighted by Gasteiger charge is -2.25. The van der Waals surface area contributed by atoms with Crippen LogP contribution in [0, 0.1) is 0 Å². The van der Waals surface area contributed by atoms with Gasteiger partial charge in [-0.1, -0.05) is 48.3 Å². The highest BCUT2D eigenvalue weighted by Gasteiger charge is 2.41. The van der Waals surface area contributed by atoms with E-state index in [1.807, 2.05) is 18.2 Å². The zero-order valence-corrected chi connectivity index (χ0v) is 11.3. The van der Waals surface area contributed by atoms with E-state index in [2.05, 4.69) is 22.3 Å². The standard InChI is InChI=1S/C15H19N3O2/c16-10-12(19)13-17-14(18-20-13)15(8-4-5-9-15)11-6-2-1-3-7-11/h1-3,6-7,12,19H,4-5,8-10,16H2/t12-/m0/s1. The molecule has 0 aliphatic heterocycles. The molecule has 1 aliphatic rings. The maximum atomic E-state index is 9.72. The summed E-state index contributed by atoms with van der Waals surface area (Å²) in [6, 6.07) is 10.3. The van der Waals surface area contributed by atoms with Crippen LogP contribution in [0.3, 0.4) is 0 Å². The first-order valence-corrected chi connectivity index (χ1v) is 7.04. The number of hydrogen-bond acceptors (Lipinski definition) is 5. The summed E-state index contributed by atoms with van der Waals surface area (Å²) in [5, 5.41) is 13.8. The zero-order valence-electron chi connectivity index (χ0n) is 11.3. The zero-order chi connectivity index (χ0) is 14.0. The van der Waals surface area contributed by atoms with Gasteiger partial charge in [0.2, 0.25) is 0 Å². The minimum absolute atomic E-state index is 0.0833. The molecule has 106 valence electrons. The van der Waals surface area contributed by atoms with Crippen molar-refractivity contribution in [3.05, 3.63) is 47.6 Å². The van der Waals surface area contributed by atoms with Crippen LogP contribution in [0.2, 0.25) is 0 Å². The van der Waals surface area contributed by atoms with E-state index in [0.717, 1.165) is 25.7 Å². The van der Waals surface area contributed by atoms with Crippen LogP contribution in [0.15, 0.2) is 34.9 Å². The number of benzene rings is 1. The fraction of sp³-hybridized carbons (Fsp3) is 0.467. The second-order valence-corrected chi connectivity index (χ2v) is 5.36. The SMILES string of the molecule is NC[C@H](O)c1nc(C2(c3ccccc3)CCCC2)no1. The number of hydrogen-bond donors (Lipinski definition) is 2.